The number of hydrazone groups is 1. The van der Waals surface area contributed by atoms with Crippen LogP contribution in [0.15, 0.2) is 44.6 Å². The minimum atomic E-state index is -0.652. The number of aryl methyl sites for hydroxylation is 2. The monoisotopic (exact) mass is 370 g/mol. The van der Waals surface area contributed by atoms with Crippen LogP contribution in [-0.2, 0) is 0 Å². The van der Waals surface area contributed by atoms with Crippen molar-refractivity contribution >= 4 is 16.7 Å². The first-order valence-corrected chi connectivity index (χ1v) is 8.39. The zero-order chi connectivity index (χ0) is 19.3. The standard InChI is InChI=1S/C20H16F2N2O3/c1-9-5-16-19(10(2)6-17(25)27-16)20(26)18(9)15-8-14(23-24-15)12-4-3-11(21)7-13(12)22/h3-7,14,23,26H,8H2,1-2H3/t14-/m1/s1. The van der Waals surface area contributed by atoms with Crippen LogP contribution in [0.4, 0.5) is 8.78 Å². The number of hydrogen-bond donors (Lipinski definition) is 2. The fraction of sp³-hybridized carbons (Fsp3) is 0.200. The van der Waals surface area contributed by atoms with Gasteiger partial charge in [-0.3, -0.25) is 0 Å². The maximum atomic E-state index is 14.1. The summed E-state index contributed by atoms with van der Waals surface area (Å²) in [6.45, 7) is 3.48. The number of aromatic hydroxyl groups is 1. The number of halogens is 2. The van der Waals surface area contributed by atoms with E-state index in [9.17, 15) is 18.7 Å². The maximum absolute atomic E-state index is 14.1. The number of phenols is 1. The summed E-state index contributed by atoms with van der Waals surface area (Å²) in [5, 5.41) is 15.5. The van der Waals surface area contributed by atoms with Gasteiger partial charge >= 0.3 is 5.63 Å². The van der Waals surface area contributed by atoms with Gasteiger partial charge in [-0.05, 0) is 37.1 Å². The molecule has 0 bridgehead atoms. The van der Waals surface area contributed by atoms with Crippen molar-refractivity contribution in [3.8, 4) is 5.75 Å². The average Bonchev–Trinajstić information content (AvgIpc) is 3.02. The van der Waals surface area contributed by atoms with E-state index in [4.69, 9.17) is 4.42 Å². The molecule has 7 heteroatoms. The molecule has 1 atom stereocenters. The molecule has 0 aliphatic carbocycles. The van der Waals surface area contributed by atoms with E-state index in [1.807, 2.05) is 0 Å². The smallest absolute Gasteiger partial charge is 0.336 e. The molecule has 0 unspecified atom stereocenters. The quantitative estimate of drug-likeness (QED) is 0.673. The van der Waals surface area contributed by atoms with Gasteiger partial charge in [0, 0.05) is 29.7 Å². The third kappa shape index (κ3) is 2.85. The first kappa shape index (κ1) is 17.2. The molecule has 138 valence electrons. The highest BCUT2D eigenvalue weighted by atomic mass is 19.1. The van der Waals surface area contributed by atoms with Crippen LogP contribution in [0.25, 0.3) is 11.0 Å². The summed E-state index contributed by atoms with van der Waals surface area (Å²) in [4.78, 5) is 11.6. The predicted octanol–water partition coefficient (Wildman–Crippen LogP) is 3.83. The topological polar surface area (TPSA) is 74.8 Å². The number of nitrogens with one attached hydrogen (secondary N) is 1. The second kappa shape index (κ2) is 6.19. The number of nitrogens with zero attached hydrogens (tertiary/aromatic N) is 1. The molecular weight excluding hydrogens is 354 g/mol. The van der Waals surface area contributed by atoms with E-state index < -0.39 is 23.3 Å². The van der Waals surface area contributed by atoms with Gasteiger partial charge in [0.1, 0.15) is 23.0 Å². The van der Waals surface area contributed by atoms with Crippen LogP contribution in [0.5, 0.6) is 5.75 Å². The molecule has 0 spiro atoms. The van der Waals surface area contributed by atoms with Gasteiger partial charge in [-0.15, -0.1) is 0 Å². The Labute approximate surface area is 152 Å². The lowest BCUT2D eigenvalue weighted by Gasteiger charge is -2.13. The molecule has 1 aromatic heterocycles. The van der Waals surface area contributed by atoms with Crippen LogP contribution in [0.2, 0.25) is 0 Å². The molecule has 2 heterocycles. The molecule has 4 rings (SSSR count). The molecule has 1 aliphatic heterocycles. The maximum Gasteiger partial charge on any atom is 0.336 e. The van der Waals surface area contributed by atoms with Crippen LogP contribution >= 0.6 is 0 Å². The van der Waals surface area contributed by atoms with Crippen LogP contribution in [0, 0.1) is 25.5 Å². The summed E-state index contributed by atoms with van der Waals surface area (Å²) in [6, 6.07) is 5.93. The lowest BCUT2D eigenvalue weighted by Crippen LogP contribution is -2.12. The molecule has 1 aliphatic rings. The number of fused-ring (bicyclic) bond motifs is 1. The summed E-state index contributed by atoms with van der Waals surface area (Å²) >= 11 is 0. The van der Waals surface area contributed by atoms with Gasteiger partial charge in [-0.25, -0.2) is 13.6 Å². The number of hydrogen-bond acceptors (Lipinski definition) is 5. The van der Waals surface area contributed by atoms with Gasteiger partial charge in [-0.2, -0.15) is 5.10 Å². The lowest BCUT2D eigenvalue weighted by atomic mass is 9.93. The zero-order valence-corrected chi connectivity index (χ0v) is 14.6. The minimum absolute atomic E-state index is 0.0352. The third-order valence-corrected chi connectivity index (χ3v) is 4.78. The van der Waals surface area contributed by atoms with Crippen molar-refractivity contribution in [1.29, 1.82) is 0 Å². The van der Waals surface area contributed by atoms with E-state index in [0.717, 1.165) is 6.07 Å². The van der Waals surface area contributed by atoms with Crippen molar-refractivity contribution in [2.24, 2.45) is 5.10 Å². The Balaban J connectivity index is 1.76. The molecule has 27 heavy (non-hydrogen) atoms. The second-order valence-electron chi connectivity index (χ2n) is 6.65. The van der Waals surface area contributed by atoms with Gasteiger partial charge in [0.05, 0.1) is 17.1 Å². The minimum Gasteiger partial charge on any atom is -0.506 e. The Morgan fingerprint density at radius 2 is 1.96 bits per heavy atom. The lowest BCUT2D eigenvalue weighted by molar-refractivity contribution is 0.476. The van der Waals surface area contributed by atoms with Gasteiger partial charge in [0.15, 0.2) is 0 Å². The van der Waals surface area contributed by atoms with Crippen molar-refractivity contribution in [2.75, 3.05) is 0 Å². The molecule has 0 fully saturated rings. The van der Waals surface area contributed by atoms with E-state index in [-0.39, 0.29) is 5.75 Å². The van der Waals surface area contributed by atoms with E-state index in [1.54, 1.807) is 19.9 Å². The fourth-order valence-corrected chi connectivity index (χ4v) is 3.54. The van der Waals surface area contributed by atoms with Gasteiger partial charge in [0.2, 0.25) is 0 Å². The highest BCUT2D eigenvalue weighted by molar-refractivity contribution is 6.09. The summed E-state index contributed by atoms with van der Waals surface area (Å²) in [7, 11) is 0. The Morgan fingerprint density at radius 1 is 1.19 bits per heavy atom. The molecule has 3 aromatic rings. The number of benzene rings is 2. The van der Waals surface area contributed by atoms with Crippen molar-refractivity contribution in [3.63, 3.8) is 0 Å². The van der Waals surface area contributed by atoms with E-state index >= 15 is 0 Å². The Kier molecular flexibility index (Phi) is 3.95. The summed E-state index contributed by atoms with van der Waals surface area (Å²) in [6.07, 6.45) is 0.318. The van der Waals surface area contributed by atoms with Crippen LogP contribution in [0.3, 0.4) is 0 Å². The van der Waals surface area contributed by atoms with Crippen molar-refractivity contribution in [3.05, 3.63) is 74.6 Å². The van der Waals surface area contributed by atoms with E-state index in [2.05, 4.69) is 10.5 Å². The van der Waals surface area contributed by atoms with Crippen LogP contribution in [0.1, 0.15) is 34.7 Å². The molecule has 0 amide bonds. The Hall–Kier alpha value is -3.22. The van der Waals surface area contributed by atoms with Gasteiger partial charge in [0.25, 0.3) is 0 Å². The largest absolute Gasteiger partial charge is 0.506 e. The predicted molar refractivity (Wildman–Crippen MR) is 97.0 cm³/mol. The molecule has 0 radical (unpaired) electrons. The number of phenolic OH excluding ortho intramolecular Hbond substituents is 1. The second-order valence-corrected chi connectivity index (χ2v) is 6.65. The van der Waals surface area contributed by atoms with E-state index in [1.165, 1.54) is 18.2 Å². The SMILES string of the molecule is Cc1cc2oc(=O)cc(C)c2c(O)c1C1=NN[C@@H](c2ccc(F)cc2F)C1. The van der Waals surface area contributed by atoms with Crippen molar-refractivity contribution in [1.82, 2.24) is 5.43 Å². The van der Waals surface area contributed by atoms with Crippen molar-refractivity contribution < 1.29 is 18.3 Å². The molecule has 2 N–H and O–H groups in total. The Morgan fingerprint density at radius 3 is 2.70 bits per heavy atom. The van der Waals surface area contributed by atoms with Crippen LogP contribution < -0.4 is 11.1 Å². The van der Waals surface area contributed by atoms with Gasteiger partial charge in [-0.1, -0.05) is 6.07 Å². The highest BCUT2D eigenvalue weighted by Crippen LogP contribution is 2.37. The van der Waals surface area contributed by atoms with Crippen LogP contribution in [-0.4, -0.2) is 10.8 Å². The first-order chi connectivity index (χ1) is 12.8. The Bertz CT molecular complexity index is 1170. The number of rotatable bonds is 2. The normalized spacial score (nSPS) is 16.4. The van der Waals surface area contributed by atoms with E-state index in [0.29, 0.717) is 45.4 Å². The summed E-state index contributed by atoms with van der Waals surface area (Å²) in [5.41, 5.74) is 5.28. The molecule has 0 saturated heterocycles. The highest BCUT2D eigenvalue weighted by Gasteiger charge is 2.27. The first-order valence-electron chi connectivity index (χ1n) is 8.39. The molecule has 2 aromatic carbocycles. The third-order valence-electron chi connectivity index (χ3n) is 4.78. The van der Waals surface area contributed by atoms with Crippen molar-refractivity contribution in [2.45, 2.75) is 26.3 Å². The average molecular weight is 370 g/mol. The van der Waals surface area contributed by atoms with Gasteiger partial charge < -0.3 is 14.9 Å². The molecule has 0 saturated carbocycles. The summed E-state index contributed by atoms with van der Waals surface area (Å²) < 4.78 is 32.4. The zero-order valence-electron chi connectivity index (χ0n) is 14.6. The molecule has 5 nitrogen and oxygen atoms in total. The fourth-order valence-electron chi connectivity index (χ4n) is 3.54. The summed E-state index contributed by atoms with van der Waals surface area (Å²) in [5.74, 6) is -1.33. The molecular formula is C20H16F2N2O3.